The summed E-state index contributed by atoms with van der Waals surface area (Å²) in [6.07, 6.45) is 0.420. The van der Waals surface area contributed by atoms with Crippen molar-refractivity contribution in [3.8, 4) is 0 Å². The molecule has 0 aromatic rings. The van der Waals surface area contributed by atoms with Crippen LogP contribution in [0.3, 0.4) is 0 Å². The van der Waals surface area contributed by atoms with Gasteiger partial charge in [0, 0.05) is 7.05 Å². The quantitative estimate of drug-likeness (QED) is 0.333. The number of ketones is 1. The van der Waals surface area contributed by atoms with Crippen LogP contribution in [0.4, 0.5) is 0 Å². The zero-order valence-corrected chi connectivity index (χ0v) is 7.94. The predicted molar refractivity (Wildman–Crippen MR) is 44.9 cm³/mol. The third kappa shape index (κ3) is 3.23. The number of hydrogen-bond donors (Lipinski definition) is 0. The third-order valence-corrected chi connectivity index (χ3v) is 1.47. The van der Waals surface area contributed by atoms with Crippen molar-refractivity contribution in [3.05, 3.63) is 0 Å². The van der Waals surface area contributed by atoms with Crippen molar-refractivity contribution in [2.75, 3.05) is 13.7 Å². The van der Waals surface area contributed by atoms with Crippen LogP contribution in [-0.2, 0) is 19.1 Å². The minimum atomic E-state index is -1.11. The Labute approximate surface area is 76.7 Å². The Hall–Kier alpha value is -1.39. The lowest BCUT2D eigenvalue weighted by atomic mass is 10.2. The Bertz CT molecular complexity index is 214. The number of amides is 1. The lowest BCUT2D eigenvalue weighted by Gasteiger charge is -2.19. The molecule has 0 aliphatic carbocycles. The molecule has 5 heteroatoms. The van der Waals surface area contributed by atoms with Crippen LogP contribution in [0.15, 0.2) is 0 Å². The first-order valence-electron chi connectivity index (χ1n) is 3.88. The van der Waals surface area contributed by atoms with Gasteiger partial charge in [-0.05, 0) is 13.8 Å². The maximum absolute atomic E-state index is 11.1. The molecule has 0 radical (unpaired) electrons. The topological polar surface area (TPSA) is 63.7 Å². The SMILES string of the molecule is CCOC(=O)C(C(C)=O)N(C)C=O. The molecule has 0 aromatic carbocycles. The first-order valence-corrected chi connectivity index (χ1v) is 3.88. The Balaban J connectivity index is 4.50. The highest BCUT2D eigenvalue weighted by atomic mass is 16.5. The first-order chi connectivity index (χ1) is 6.04. The molecule has 1 atom stereocenters. The van der Waals surface area contributed by atoms with E-state index in [9.17, 15) is 14.4 Å². The van der Waals surface area contributed by atoms with Gasteiger partial charge in [-0.15, -0.1) is 0 Å². The summed E-state index contributed by atoms with van der Waals surface area (Å²) in [5.74, 6) is -1.10. The van der Waals surface area contributed by atoms with Gasteiger partial charge in [0.1, 0.15) is 0 Å². The molecule has 0 saturated carbocycles. The molecule has 1 unspecified atom stereocenters. The van der Waals surface area contributed by atoms with E-state index in [-0.39, 0.29) is 6.61 Å². The van der Waals surface area contributed by atoms with Crippen molar-refractivity contribution in [1.82, 2.24) is 4.90 Å². The number of hydrogen-bond acceptors (Lipinski definition) is 4. The molecule has 0 aliphatic heterocycles. The second kappa shape index (κ2) is 5.29. The summed E-state index contributed by atoms with van der Waals surface area (Å²) >= 11 is 0. The fourth-order valence-electron chi connectivity index (χ4n) is 0.901. The normalized spacial score (nSPS) is 11.6. The predicted octanol–water partition coefficient (Wildman–Crippen LogP) is -0.405. The molecule has 0 aromatic heterocycles. The Kier molecular flexibility index (Phi) is 4.72. The highest BCUT2D eigenvalue weighted by Gasteiger charge is 2.28. The molecule has 0 bridgehead atoms. The van der Waals surface area contributed by atoms with Crippen molar-refractivity contribution in [1.29, 1.82) is 0 Å². The maximum Gasteiger partial charge on any atom is 0.336 e. The Morgan fingerprint density at radius 2 is 2.08 bits per heavy atom. The Morgan fingerprint density at radius 3 is 2.38 bits per heavy atom. The molecule has 5 nitrogen and oxygen atoms in total. The van der Waals surface area contributed by atoms with E-state index in [1.165, 1.54) is 14.0 Å². The summed E-state index contributed by atoms with van der Waals surface area (Å²) in [5.41, 5.74) is 0. The number of nitrogens with zero attached hydrogens (tertiary/aromatic N) is 1. The molecule has 0 saturated heterocycles. The minimum absolute atomic E-state index is 0.190. The standard InChI is InChI=1S/C8H13NO4/c1-4-13-8(12)7(6(2)11)9(3)5-10/h5,7H,4H2,1-3H3. The molecule has 13 heavy (non-hydrogen) atoms. The van der Waals surface area contributed by atoms with E-state index in [0.29, 0.717) is 6.41 Å². The van der Waals surface area contributed by atoms with Gasteiger partial charge in [-0.2, -0.15) is 0 Å². The zero-order chi connectivity index (χ0) is 10.4. The minimum Gasteiger partial charge on any atom is -0.464 e. The van der Waals surface area contributed by atoms with Gasteiger partial charge in [0.25, 0.3) is 0 Å². The van der Waals surface area contributed by atoms with Gasteiger partial charge >= 0.3 is 5.97 Å². The summed E-state index contributed by atoms with van der Waals surface area (Å²) in [7, 11) is 1.36. The fourth-order valence-corrected chi connectivity index (χ4v) is 0.901. The van der Waals surface area contributed by atoms with E-state index in [0.717, 1.165) is 4.90 Å². The van der Waals surface area contributed by atoms with E-state index in [2.05, 4.69) is 4.74 Å². The molecular weight excluding hydrogens is 174 g/mol. The van der Waals surface area contributed by atoms with Gasteiger partial charge in [0.05, 0.1) is 6.61 Å². The summed E-state index contributed by atoms with van der Waals surface area (Å²) in [6.45, 7) is 3.06. The summed E-state index contributed by atoms with van der Waals surface area (Å²) in [4.78, 5) is 33.4. The molecular formula is C8H13NO4. The van der Waals surface area contributed by atoms with Crippen LogP contribution in [0.1, 0.15) is 13.8 Å². The van der Waals surface area contributed by atoms with Crippen LogP contribution < -0.4 is 0 Å². The van der Waals surface area contributed by atoms with Crippen LogP contribution in [0.5, 0.6) is 0 Å². The van der Waals surface area contributed by atoms with E-state index >= 15 is 0 Å². The van der Waals surface area contributed by atoms with Gasteiger partial charge < -0.3 is 9.64 Å². The summed E-state index contributed by atoms with van der Waals surface area (Å²) in [5, 5.41) is 0. The summed E-state index contributed by atoms with van der Waals surface area (Å²) in [6, 6.07) is -1.11. The van der Waals surface area contributed by atoms with Crippen LogP contribution in [0.25, 0.3) is 0 Å². The van der Waals surface area contributed by atoms with Gasteiger partial charge in [0.2, 0.25) is 6.41 Å². The van der Waals surface area contributed by atoms with Crippen molar-refractivity contribution in [3.63, 3.8) is 0 Å². The van der Waals surface area contributed by atoms with Crippen molar-refractivity contribution in [2.45, 2.75) is 19.9 Å². The molecule has 0 rings (SSSR count). The zero-order valence-electron chi connectivity index (χ0n) is 7.94. The van der Waals surface area contributed by atoms with E-state index in [1.54, 1.807) is 6.92 Å². The van der Waals surface area contributed by atoms with Crippen LogP contribution in [0.2, 0.25) is 0 Å². The number of rotatable bonds is 5. The second-order valence-electron chi connectivity index (χ2n) is 2.54. The first kappa shape index (κ1) is 11.6. The van der Waals surface area contributed by atoms with Crippen molar-refractivity contribution in [2.24, 2.45) is 0 Å². The largest absolute Gasteiger partial charge is 0.464 e. The molecule has 74 valence electrons. The molecule has 0 aliphatic rings. The third-order valence-electron chi connectivity index (χ3n) is 1.47. The molecule has 0 N–H and O–H groups in total. The van der Waals surface area contributed by atoms with E-state index < -0.39 is 17.8 Å². The highest BCUT2D eigenvalue weighted by molar-refractivity contribution is 6.03. The number of Topliss-reactive ketones (excluding diaryl/α,β-unsaturated/α-hetero) is 1. The smallest absolute Gasteiger partial charge is 0.336 e. The van der Waals surface area contributed by atoms with Crippen LogP contribution in [-0.4, -0.2) is 42.8 Å². The second-order valence-corrected chi connectivity index (χ2v) is 2.54. The average Bonchev–Trinajstić information content (AvgIpc) is 2.04. The van der Waals surface area contributed by atoms with Crippen molar-refractivity contribution < 1.29 is 19.1 Å². The van der Waals surface area contributed by atoms with Gasteiger partial charge in [-0.25, -0.2) is 4.79 Å². The van der Waals surface area contributed by atoms with Gasteiger partial charge in [0.15, 0.2) is 11.8 Å². The Morgan fingerprint density at radius 1 is 1.54 bits per heavy atom. The fraction of sp³-hybridized carbons (Fsp3) is 0.625. The highest BCUT2D eigenvalue weighted by Crippen LogP contribution is 1.98. The van der Waals surface area contributed by atoms with Gasteiger partial charge in [-0.1, -0.05) is 0 Å². The average molecular weight is 187 g/mol. The number of ether oxygens (including phenoxy) is 1. The number of likely N-dealkylation sites (N-methyl/N-ethyl adjacent to an activating group) is 1. The number of esters is 1. The maximum atomic E-state index is 11.1. The lowest BCUT2D eigenvalue weighted by Crippen LogP contribution is -2.43. The van der Waals surface area contributed by atoms with Crippen LogP contribution >= 0.6 is 0 Å². The van der Waals surface area contributed by atoms with Gasteiger partial charge in [-0.3, -0.25) is 9.59 Å². The summed E-state index contributed by atoms with van der Waals surface area (Å²) < 4.78 is 4.63. The van der Waals surface area contributed by atoms with Crippen molar-refractivity contribution >= 4 is 18.2 Å². The van der Waals surface area contributed by atoms with E-state index in [1.807, 2.05) is 0 Å². The van der Waals surface area contributed by atoms with Crippen LogP contribution in [0, 0.1) is 0 Å². The number of carbonyl (C=O) groups excluding carboxylic acids is 3. The monoisotopic (exact) mass is 187 g/mol. The molecule has 1 amide bonds. The molecule has 0 spiro atoms. The number of carbonyl (C=O) groups is 3. The van der Waals surface area contributed by atoms with E-state index in [4.69, 9.17) is 0 Å². The molecule has 0 fully saturated rings. The lowest BCUT2D eigenvalue weighted by molar-refractivity contribution is -0.154. The molecule has 0 heterocycles.